The molecule has 0 saturated heterocycles. The minimum Gasteiger partial charge on any atom is -0.491 e. The number of fused-ring (bicyclic) bond motifs is 1. The molecule has 0 aliphatic carbocycles. The van der Waals surface area contributed by atoms with Gasteiger partial charge in [-0.05, 0) is 30.7 Å². The summed E-state index contributed by atoms with van der Waals surface area (Å²) in [5.41, 5.74) is 1.94. The second-order valence-electron chi connectivity index (χ2n) is 4.15. The summed E-state index contributed by atoms with van der Waals surface area (Å²) in [5.74, 6) is 1.52. The molecule has 1 aromatic rings. The summed E-state index contributed by atoms with van der Waals surface area (Å²) in [6.45, 7) is 2.29. The molecular weight excluding hydrogens is 232 g/mol. The number of ketones is 1. The van der Waals surface area contributed by atoms with Gasteiger partial charge in [0.05, 0.1) is 6.61 Å². The predicted octanol–water partition coefficient (Wildman–Crippen LogP) is 1.81. The van der Waals surface area contributed by atoms with Gasteiger partial charge >= 0.3 is 0 Å². The van der Waals surface area contributed by atoms with Crippen LogP contribution in [0.4, 0.5) is 0 Å². The van der Waals surface area contributed by atoms with E-state index in [2.05, 4.69) is 0 Å². The predicted molar refractivity (Wildman–Crippen MR) is 67.8 cm³/mol. The summed E-state index contributed by atoms with van der Waals surface area (Å²) in [4.78, 5) is 11.2. The Morgan fingerprint density at radius 2 is 2.33 bits per heavy atom. The minimum absolute atomic E-state index is 0.0204. The Kier molecular flexibility index (Phi) is 3.99. The fourth-order valence-electron chi connectivity index (χ4n) is 1.92. The van der Waals surface area contributed by atoms with Crippen molar-refractivity contribution in [3.05, 3.63) is 29.8 Å². The van der Waals surface area contributed by atoms with E-state index >= 15 is 0 Å². The lowest BCUT2D eigenvalue weighted by Gasteiger charge is -2.19. The normalized spacial score (nSPS) is 13.3. The summed E-state index contributed by atoms with van der Waals surface area (Å²) in [5, 5.41) is 8.70. The number of rotatable bonds is 5. The zero-order chi connectivity index (χ0) is 13.0. The third-order valence-electron chi connectivity index (χ3n) is 2.67. The van der Waals surface area contributed by atoms with Crippen LogP contribution in [0.15, 0.2) is 24.3 Å². The van der Waals surface area contributed by atoms with Crippen molar-refractivity contribution >= 4 is 11.4 Å². The smallest absolute Gasteiger partial charge is 0.134 e. The molecule has 4 nitrogen and oxygen atoms in total. The van der Waals surface area contributed by atoms with Gasteiger partial charge in [0.25, 0.3) is 0 Å². The van der Waals surface area contributed by atoms with E-state index in [4.69, 9.17) is 14.6 Å². The molecule has 0 radical (unpaired) electrons. The van der Waals surface area contributed by atoms with E-state index in [1.165, 1.54) is 0 Å². The lowest BCUT2D eigenvalue weighted by molar-refractivity contribution is -0.116. The lowest BCUT2D eigenvalue weighted by Crippen LogP contribution is -2.08. The number of allylic oxidation sites excluding steroid dienone is 1. The number of hydrogen-bond donors (Lipinski definition) is 1. The topological polar surface area (TPSA) is 55.8 Å². The van der Waals surface area contributed by atoms with Gasteiger partial charge < -0.3 is 14.6 Å². The number of benzene rings is 1. The van der Waals surface area contributed by atoms with E-state index in [0.29, 0.717) is 18.8 Å². The largest absolute Gasteiger partial charge is 0.491 e. The minimum atomic E-state index is -0.0204. The van der Waals surface area contributed by atoms with E-state index in [9.17, 15) is 4.79 Å². The Morgan fingerprint density at radius 3 is 3.06 bits per heavy atom. The first-order valence-corrected chi connectivity index (χ1v) is 5.90. The molecule has 0 atom stereocenters. The quantitative estimate of drug-likeness (QED) is 0.863. The number of aliphatic hydroxyl groups excluding tert-OH is 1. The van der Waals surface area contributed by atoms with Crippen LogP contribution in [0.25, 0.3) is 5.57 Å². The van der Waals surface area contributed by atoms with Crippen molar-refractivity contribution in [2.75, 3.05) is 19.8 Å². The maximum Gasteiger partial charge on any atom is 0.134 e. The average molecular weight is 248 g/mol. The van der Waals surface area contributed by atoms with Gasteiger partial charge in [-0.15, -0.1) is 0 Å². The van der Waals surface area contributed by atoms with E-state index in [1.807, 2.05) is 18.2 Å². The zero-order valence-corrected chi connectivity index (χ0v) is 10.3. The highest BCUT2D eigenvalue weighted by molar-refractivity contribution is 5.90. The number of carbonyl (C=O) groups is 1. The van der Waals surface area contributed by atoms with Gasteiger partial charge in [0.2, 0.25) is 0 Å². The van der Waals surface area contributed by atoms with Crippen molar-refractivity contribution in [1.82, 2.24) is 0 Å². The van der Waals surface area contributed by atoms with E-state index in [1.54, 1.807) is 13.0 Å². The molecule has 4 heteroatoms. The average Bonchev–Trinajstić information content (AvgIpc) is 2.35. The monoisotopic (exact) mass is 248 g/mol. The number of ether oxygens (including phenoxy) is 2. The lowest BCUT2D eigenvalue weighted by atomic mass is 9.98. The fraction of sp³-hybridized carbons (Fsp3) is 0.357. The molecule has 1 aliphatic heterocycles. The van der Waals surface area contributed by atoms with E-state index in [-0.39, 0.29) is 19.0 Å². The van der Waals surface area contributed by atoms with Crippen LogP contribution in [0.2, 0.25) is 0 Å². The second-order valence-corrected chi connectivity index (χ2v) is 4.15. The van der Waals surface area contributed by atoms with Crippen LogP contribution >= 0.6 is 0 Å². The SMILES string of the molecule is CC(=O)CC1=CCOc2cc(OCCO)ccc21. The summed E-state index contributed by atoms with van der Waals surface area (Å²) in [7, 11) is 0. The molecule has 1 aromatic carbocycles. The molecule has 1 heterocycles. The number of Topliss-reactive ketones (excluding diaryl/α,β-unsaturated/α-hetero) is 1. The molecule has 0 bridgehead atoms. The van der Waals surface area contributed by atoms with Crippen LogP contribution in [0.3, 0.4) is 0 Å². The molecular formula is C14H16O4. The second kappa shape index (κ2) is 5.69. The van der Waals surface area contributed by atoms with Gasteiger partial charge in [0.1, 0.15) is 30.5 Å². The van der Waals surface area contributed by atoms with Gasteiger partial charge in [-0.2, -0.15) is 0 Å². The van der Waals surface area contributed by atoms with Gasteiger partial charge in [-0.25, -0.2) is 0 Å². The highest BCUT2D eigenvalue weighted by atomic mass is 16.5. The standard InChI is InChI=1S/C14H16O4/c1-10(16)8-11-4-6-18-14-9-12(17-7-5-15)2-3-13(11)14/h2-4,9,15H,5-8H2,1H3. The van der Waals surface area contributed by atoms with Crippen LogP contribution in [0.1, 0.15) is 18.9 Å². The third kappa shape index (κ3) is 2.90. The van der Waals surface area contributed by atoms with Crippen molar-refractivity contribution in [2.24, 2.45) is 0 Å². The molecule has 18 heavy (non-hydrogen) atoms. The summed E-state index contributed by atoms with van der Waals surface area (Å²) in [6, 6.07) is 5.49. The van der Waals surface area contributed by atoms with Gasteiger partial charge in [0, 0.05) is 18.1 Å². The van der Waals surface area contributed by atoms with Crippen LogP contribution in [0, 0.1) is 0 Å². The molecule has 1 aliphatic rings. The summed E-state index contributed by atoms with van der Waals surface area (Å²) in [6.07, 6.45) is 2.35. The first-order valence-electron chi connectivity index (χ1n) is 5.90. The highest BCUT2D eigenvalue weighted by Crippen LogP contribution is 2.34. The zero-order valence-electron chi connectivity index (χ0n) is 10.3. The van der Waals surface area contributed by atoms with Gasteiger partial charge in [-0.3, -0.25) is 4.79 Å². The molecule has 2 rings (SSSR count). The van der Waals surface area contributed by atoms with Crippen molar-refractivity contribution in [1.29, 1.82) is 0 Å². The Morgan fingerprint density at radius 1 is 1.50 bits per heavy atom. The molecule has 0 fully saturated rings. The molecule has 0 amide bonds. The molecule has 1 N–H and O–H groups in total. The first-order chi connectivity index (χ1) is 8.70. The van der Waals surface area contributed by atoms with Crippen molar-refractivity contribution in [3.8, 4) is 11.5 Å². The van der Waals surface area contributed by atoms with Crippen LogP contribution in [0.5, 0.6) is 11.5 Å². The number of aliphatic hydroxyl groups is 1. The number of carbonyl (C=O) groups excluding carboxylic acids is 1. The Labute approximate surface area is 106 Å². The highest BCUT2D eigenvalue weighted by Gasteiger charge is 2.15. The van der Waals surface area contributed by atoms with Crippen molar-refractivity contribution in [2.45, 2.75) is 13.3 Å². The van der Waals surface area contributed by atoms with Crippen molar-refractivity contribution < 1.29 is 19.4 Å². The Bertz CT molecular complexity index is 477. The van der Waals surface area contributed by atoms with Gasteiger partial charge in [-0.1, -0.05) is 0 Å². The number of hydrogen-bond acceptors (Lipinski definition) is 4. The molecule has 0 saturated carbocycles. The summed E-state index contributed by atoms with van der Waals surface area (Å²) >= 11 is 0. The third-order valence-corrected chi connectivity index (χ3v) is 2.67. The van der Waals surface area contributed by atoms with E-state index < -0.39 is 0 Å². The maximum absolute atomic E-state index is 11.2. The molecule has 96 valence electrons. The molecule has 0 unspecified atom stereocenters. The Hall–Kier alpha value is -1.81. The van der Waals surface area contributed by atoms with Crippen LogP contribution in [-0.2, 0) is 4.79 Å². The summed E-state index contributed by atoms with van der Waals surface area (Å²) < 4.78 is 10.8. The fourth-order valence-corrected chi connectivity index (χ4v) is 1.92. The van der Waals surface area contributed by atoms with Crippen molar-refractivity contribution in [3.63, 3.8) is 0 Å². The van der Waals surface area contributed by atoms with Gasteiger partial charge in [0.15, 0.2) is 0 Å². The van der Waals surface area contributed by atoms with Crippen LogP contribution < -0.4 is 9.47 Å². The first kappa shape index (κ1) is 12.6. The Balaban J connectivity index is 2.21. The molecule has 0 spiro atoms. The van der Waals surface area contributed by atoms with Crippen LogP contribution in [-0.4, -0.2) is 30.7 Å². The maximum atomic E-state index is 11.2. The van der Waals surface area contributed by atoms with E-state index in [0.717, 1.165) is 16.9 Å². The molecule has 0 aromatic heterocycles.